The molecule has 5 N–H and O–H groups in total. The molecular formula is C27H27FN4O6. The lowest BCUT2D eigenvalue weighted by atomic mass is 9.84. The molecule has 0 saturated carbocycles. The average Bonchev–Trinajstić information content (AvgIpc) is 3.32. The number of H-pyrrole nitrogens is 1. The number of carbonyl (C=O) groups excluding carboxylic acids is 2. The maximum Gasteiger partial charge on any atom is 0.337 e. The summed E-state index contributed by atoms with van der Waals surface area (Å²) in [6.45, 7) is 3.51. The predicted molar refractivity (Wildman–Crippen MR) is 139 cm³/mol. The van der Waals surface area contributed by atoms with E-state index in [1.54, 1.807) is 56.3 Å². The summed E-state index contributed by atoms with van der Waals surface area (Å²) in [4.78, 5) is 40.8. The van der Waals surface area contributed by atoms with E-state index in [1.807, 2.05) is 0 Å². The van der Waals surface area contributed by atoms with Crippen molar-refractivity contribution in [3.8, 4) is 11.5 Å². The fraction of sp³-hybridized carbons (Fsp3) is 0.185. The number of hydrogen-bond donors (Lipinski definition) is 4. The number of benzene rings is 2. The Hall–Kier alpha value is -4.93. The number of aromatic nitrogens is 2. The summed E-state index contributed by atoms with van der Waals surface area (Å²) in [5.41, 5.74) is 6.89. The van der Waals surface area contributed by atoms with E-state index < -0.39 is 23.1 Å². The van der Waals surface area contributed by atoms with Gasteiger partial charge in [0.25, 0.3) is 5.91 Å². The number of primary amides is 1. The minimum Gasteiger partial charge on any atom is -0.493 e. The average molecular weight is 523 g/mol. The van der Waals surface area contributed by atoms with Crippen LogP contribution in [0.5, 0.6) is 11.5 Å². The van der Waals surface area contributed by atoms with Crippen LogP contribution in [0, 0.1) is 5.82 Å². The van der Waals surface area contributed by atoms with Crippen LogP contribution in [0.3, 0.4) is 0 Å². The molecule has 0 atom stereocenters. The van der Waals surface area contributed by atoms with E-state index in [0.717, 1.165) is 17.8 Å². The second-order valence-electron chi connectivity index (χ2n) is 8.65. The number of hydrogen-bond acceptors (Lipinski definition) is 6. The van der Waals surface area contributed by atoms with Crippen molar-refractivity contribution in [3.05, 3.63) is 83.4 Å². The van der Waals surface area contributed by atoms with Crippen LogP contribution in [-0.4, -0.2) is 47.1 Å². The third-order valence-electron chi connectivity index (χ3n) is 5.85. The topological polar surface area (TPSA) is 157 Å². The molecule has 4 rings (SSSR count). The highest BCUT2D eigenvalue weighted by Gasteiger charge is 2.27. The van der Waals surface area contributed by atoms with Crippen molar-refractivity contribution in [1.82, 2.24) is 9.97 Å². The number of halogens is 1. The Bertz CT molecular complexity index is 1480. The van der Waals surface area contributed by atoms with Crippen molar-refractivity contribution in [2.24, 2.45) is 5.73 Å². The number of rotatable bonds is 7. The molecule has 11 heteroatoms. The van der Waals surface area contributed by atoms with E-state index in [4.69, 9.17) is 20.3 Å². The number of anilines is 1. The third-order valence-corrected chi connectivity index (χ3v) is 5.85. The Labute approximate surface area is 217 Å². The van der Waals surface area contributed by atoms with Crippen LogP contribution in [0.25, 0.3) is 11.0 Å². The standard InChI is InChI=1S/C19H22N2O4.C8H5FN2O2/c1-19(2,18(20)23)13-6-8-14(9-7-13)21-17(22)12-5-10-15(24-3)16(11-12)25-4;9-4-1-5-6(8(12)13)3-11-7(5)10-2-4/h5-11H,1-4H3,(H2,20,23)(H,21,22);1-3H,(H,10,11)(H,12,13). The monoisotopic (exact) mass is 522 g/mol. The lowest BCUT2D eigenvalue weighted by Gasteiger charge is -2.21. The molecule has 2 amide bonds. The molecule has 2 aromatic carbocycles. The summed E-state index contributed by atoms with van der Waals surface area (Å²) < 4.78 is 23.1. The first-order valence-electron chi connectivity index (χ1n) is 11.3. The molecule has 0 spiro atoms. The van der Waals surface area contributed by atoms with Gasteiger partial charge in [0, 0.05) is 22.8 Å². The molecule has 0 aliphatic heterocycles. The molecule has 0 radical (unpaired) electrons. The zero-order valence-electron chi connectivity index (χ0n) is 21.2. The van der Waals surface area contributed by atoms with E-state index in [0.29, 0.717) is 28.4 Å². The predicted octanol–water partition coefficient (Wildman–Crippen LogP) is 4.12. The highest BCUT2D eigenvalue weighted by Crippen LogP contribution is 2.28. The number of nitrogens with one attached hydrogen (secondary N) is 2. The Morgan fingerprint density at radius 3 is 2.26 bits per heavy atom. The summed E-state index contributed by atoms with van der Waals surface area (Å²) in [5.74, 6) is -1.29. The van der Waals surface area contributed by atoms with Crippen molar-refractivity contribution < 1.29 is 33.4 Å². The lowest BCUT2D eigenvalue weighted by Crippen LogP contribution is -2.35. The van der Waals surface area contributed by atoms with Gasteiger partial charge in [0.15, 0.2) is 11.5 Å². The highest BCUT2D eigenvalue weighted by molar-refractivity contribution is 6.04. The molecule has 10 nitrogen and oxygen atoms in total. The number of nitrogens with two attached hydrogens (primary N) is 1. The van der Waals surface area contributed by atoms with Gasteiger partial charge in [0.05, 0.1) is 31.4 Å². The molecule has 38 heavy (non-hydrogen) atoms. The van der Waals surface area contributed by atoms with Gasteiger partial charge < -0.3 is 30.6 Å². The zero-order chi connectivity index (χ0) is 28.0. The fourth-order valence-corrected chi connectivity index (χ4v) is 3.45. The van der Waals surface area contributed by atoms with Crippen molar-refractivity contribution >= 4 is 34.5 Å². The van der Waals surface area contributed by atoms with Gasteiger partial charge in [-0.05, 0) is 55.8 Å². The van der Waals surface area contributed by atoms with Gasteiger partial charge in [-0.2, -0.15) is 0 Å². The van der Waals surface area contributed by atoms with Gasteiger partial charge in [-0.15, -0.1) is 0 Å². The Morgan fingerprint density at radius 2 is 1.68 bits per heavy atom. The third kappa shape index (κ3) is 6.06. The molecule has 0 fully saturated rings. The van der Waals surface area contributed by atoms with E-state index in [-0.39, 0.29) is 16.9 Å². The molecule has 2 aromatic heterocycles. The van der Waals surface area contributed by atoms with E-state index in [9.17, 15) is 18.8 Å². The summed E-state index contributed by atoms with van der Waals surface area (Å²) in [7, 11) is 3.05. The number of aromatic amines is 1. The van der Waals surface area contributed by atoms with Crippen LogP contribution in [0.15, 0.2) is 60.9 Å². The lowest BCUT2D eigenvalue weighted by molar-refractivity contribution is -0.122. The largest absolute Gasteiger partial charge is 0.493 e. The van der Waals surface area contributed by atoms with E-state index in [1.165, 1.54) is 20.4 Å². The van der Waals surface area contributed by atoms with Gasteiger partial charge in [-0.1, -0.05) is 12.1 Å². The number of carboxylic acids is 1. The first-order valence-corrected chi connectivity index (χ1v) is 11.3. The first kappa shape index (κ1) is 27.7. The smallest absolute Gasteiger partial charge is 0.337 e. The van der Waals surface area contributed by atoms with Gasteiger partial charge in [-0.25, -0.2) is 14.2 Å². The maximum absolute atomic E-state index is 12.7. The number of fused-ring (bicyclic) bond motifs is 1. The number of carboxylic acid groups (broad SMARTS) is 1. The normalized spacial score (nSPS) is 10.8. The van der Waals surface area contributed by atoms with Crippen molar-refractivity contribution in [2.45, 2.75) is 19.3 Å². The van der Waals surface area contributed by atoms with Crippen molar-refractivity contribution in [2.75, 3.05) is 19.5 Å². The molecule has 0 saturated heterocycles. The SMILES string of the molecule is COc1ccc(C(=O)Nc2ccc(C(C)(C)C(N)=O)cc2)cc1OC.O=C(O)c1c[nH]c2ncc(F)cc12. The molecule has 198 valence electrons. The van der Waals surface area contributed by atoms with E-state index in [2.05, 4.69) is 15.3 Å². The molecule has 0 unspecified atom stereocenters. The van der Waals surface area contributed by atoms with Crippen LogP contribution < -0.4 is 20.5 Å². The molecular weight excluding hydrogens is 495 g/mol. The van der Waals surface area contributed by atoms with E-state index >= 15 is 0 Å². The Morgan fingerprint density at radius 1 is 1.03 bits per heavy atom. The number of methoxy groups -OCH3 is 2. The number of amides is 2. The van der Waals surface area contributed by atoms with Gasteiger partial charge in [0.1, 0.15) is 11.5 Å². The summed E-state index contributed by atoms with van der Waals surface area (Å²) in [6.07, 6.45) is 2.32. The Balaban J connectivity index is 0.000000256. The zero-order valence-corrected chi connectivity index (χ0v) is 21.2. The van der Waals surface area contributed by atoms with Crippen LogP contribution in [0.4, 0.5) is 10.1 Å². The molecule has 0 aliphatic rings. The second kappa shape index (κ2) is 11.4. The van der Waals surface area contributed by atoms with Crippen molar-refractivity contribution in [3.63, 3.8) is 0 Å². The highest BCUT2D eigenvalue weighted by atomic mass is 19.1. The Kier molecular flexibility index (Phi) is 8.31. The number of carbonyl (C=O) groups is 3. The van der Waals surface area contributed by atoms with Crippen LogP contribution in [0.1, 0.15) is 40.1 Å². The first-order chi connectivity index (χ1) is 18.0. The minimum absolute atomic E-state index is 0.0296. The number of pyridine rings is 1. The van der Waals surface area contributed by atoms with Crippen LogP contribution in [0.2, 0.25) is 0 Å². The minimum atomic E-state index is -1.10. The van der Waals surface area contributed by atoms with Gasteiger partial charge >= 0.3 is 5.97 Å². The second-order valence-corrected chi connectivity index (χ2v) is 8.65. The number of ether oxygens (including phenoxy) is 2. The maximum atomic E-state index is 12.7. The summed E-state index contributed by atoms with van der Waals surface area (Å²) in [5, 5.41) is 11.8. The van der Waals surface area contributed by atoms with Gasteiger partial charge in [-0.3, -0.25) is 9.59 Å². The van der Waals surface area contributed by atoms with Crippen LogP contribution >= 0.6 is 0 Å². The van der Waals surface area contributed by atoms with Crippen molar-refractivity contribution in [1.29, 1.82) is 0 Å². The van der Waals surface area contributed by atoms with Crippen LogP contribution in [-0.2, 0) is 10.2 Å². The molecule has 4 aromatic rings. The molecule has 0 aliphatic carbocycles. The van der Waals surface area contributed by atoms with Gasteiger partial charge in [0.2, 0.25) is 5.91 Å². The number of nitrogens with zero attached hydrogens (tertiary/aromatic N) is 1. The molecule has 2 heterocycles. The molecule has 0 bridgehead atoms. The quantitative estimate of drug-likeness (QED) is 0.284. The summed E-state index contributed by atoms with van der Waals surface area (Å²) in [6, 6.07) is 13.1. The number of aromatic carboxylic acids is 1. The summed E-state index contributed by atoms with van der Waals surface area (Å²) >= 11 is 0. The fourth-order valence-electron chi connectivity index (χ4n) is 3.45.